The van der Waals surface area contributed by atoms with Crippen LogP contribution in [0.4, 0.5) is 0 Å². The van der Waals surface area contributed by atoms with Crippen molar-refractivity contribution in [1.29, 1.82) is 0 Å². The quantitative estimate of drug-likeness (QED) is 0.618. The van der Waals surface area contributed by atoms with E-state index in [4.69, 9.17) is 11.6 Å². The fourth-order valence-corrected chi connectivity index (χ4v) is 0.910. The molecule has 2 nitrogen and oxygen atoms in total. The Morgan fingerprint density at radius 2 is 2.55 bits per heavy atom. The van der Waals surface area contributed by atoms with Gasteiger partial charge in [-0.05, 0) is 13.0 Å². The Morgan fingerprint density at radius 1 is 1.73 bits per heavy atom. The maximum atomic E-state index is 5.61. The van der Waals surface area contributed by atoms with Crippen molar-refractivity contribution < 1.29 is 0 Å². The lowest BCUT2D eigenvalue weighted by atomic mass is 10.4. The summed E-state index contributed by atoms with van der Waals surface area (Å²) in [5.74, 6) is 5.77. The van der Waals surface area contributed by atoms with Crippen molar-refractivity contribution >= 4 is 11.6 Å². The minimum absolute atomic E-state index is 0.537. The van der Waals surface area contributed by atoms with E-state index in [1.807, 2.05) is 13.1 Å². The first-order valence-electron chi connectivity index (χ1n) is 3.41. The van der Waals surface area contributed by atoms with Crippen molar-refractivity contribution in [1.82, 2.24) is 9.78 Å². The predicted octanol–water partition coefficient (Wildman–Crippen LogP) is 1.95. The van der Waals surface area contributed by atoms with Crippen molar-refractivity contribution in [2.24, 2.45) is 0 Å². The zero-order chi connectivity index (χ0) is 8.10. The third-order valence-corrected chi connectivity index (χ3v) is 1.45. The van der Waals surface area contributed by atoms with Crippen molar-refractivity contribution in [3.63, 3.8) is 0 Å². The Bertz CT molecular complexity index is 280. The van der Waals surface area contributed by atoms with Gasteiger partial charge in [-0.2, -0.15) is 5.10 Å². The summed E-state index contributed by atoms with van der Waals surface area (Å²) in [6.07, 6.45) is 2.67. The molecule has 0 saturated carbocycles. The molecule has 3 heteroatoms. The Kier molecular flexibility index (Phi) is 3.00. The maximum absolute atomic E-state index is 5.61. The average Bonchev–Trinajstić information content (AvgIpc) is 2.37. The Labute approximate surface area is 71.2 Å². The van der Waals surface area contributed by atoms with E-state index in [-0.39, 0.29) is 0 Å². The molecule has 0 saturated heterocycles. The average molecular weight is 169 g/mol. The molecule has 0 N–H and O–H groups in total. The molecule has 0 aliphatic rings. The number of hydrogen-bond acceptors (Lipinski definition) is 1. The van der Waals surface area contributed by atoms with E-state index in [0.717, 1.165) is 13.0 Å². The fourth-order valence-electron chi connectivity index (χ4n) is 0.757. The normalized spacial score (nSPS) is 8.91. The van der Waals surface area contributed by atoms with Crippen molar-refractivity contribution in [2.45, 2.75) is 19.9 Å². The van der Waals surface area contributed by atoms with Crippen molar-refractivity contribution in [3.8, 4) is 11.8 Å². The zero-order valence-electron chi connectivity index (χ0n) is 6.34. The second-order valence-electron chi connectivity index (χ2n) is 2.08. The van der Waals surface area contributed by atoms with E-state index in [2.05, 4.69) is 16.9 Å². The minimum atomic E-state index is 0.537. The highest BCUT2D eigenvalue weighted by Crippen LogP contribution is 2.02. The lowest BCUT2D eigenvalue weighted by Crippen LogP contribution is -1.96. The summed E-state index contributed by atoms with van der Waals surface area (Å²) in [4.78, 5) is 0. The van der Waals surface area contributed by atoms with Gasteiger partial charge in [-0.25, -0.2) is 0 Å². The van der Waals surface area contributed by atoms with Gasteiger partial charge in [0.1, 0.15) is 0 Å². The molecule has 0 bridgehead atoms. The second kappa shape index (κ2) is 4.05. The van der Waals surface area contributed by atoms with Gasteiger partial charge in [0.2, 0.25) is 0 Å². The van der Waals surface area contributed by atoms with E-state index < -0.39 is 0 Å². The first-order valence-corrected chi connectivity index (χ1v) is 3.79. The molecule has 0 aliphatic heterocycles. The van der Waals surface area contributed by atoms with E-state index in [0.29, 0.717) is 5.15 Å². The van der Waals surface area contributed by atoms with Gasteiger partial charge in [0.05, 0.1) is 6.54 Å². The first kappa shape index (κ1) is 8.16. The molecule has 0 atom stereocenters. The standard InChI is InChI=1S/C8H9ClN2/c1-2-3-4-6-11-7-5-8(9)10-11/h5,7H,4,6H2,1H3. The summed E-state index contributed by atoms with van der Waals surface area (Å²) in [5.41, 5.74) is 0. The van der Waals surface area contributed by atoms with Gasteiger partial charge in [-0.1, -0.05) is 11.6 Å². The molecule has 0 fully saturated rings. The topological polar surface area (TPSA) is 17.8 Å². The SMILES string of the molecule is CC#CCCn1ccc(Cl)n1. The highest BCUT2D eigenvalue weighted by Gasteiger charge is 1.91. The van der Waals surface area contributed by atoms with Gasteiger partial charge in [-0.15, -0.1) is 11.8 Å². The fraction of sp³-hybridized carbons (Fsp3) is 0.375. The van der Waals surface area contributed by atoms with E-state index in [1.165, 1.54) is 0 Å². The number of halogens is 1. The Balaban J connectivity index is 2.43. The van der Waals surface area contributed by atoms with Gasteiger partial charge < -0.3 is 0 Å². The second-order valence-corrected chi connectivity index (χ2v) is 2.47. The molecule has 0 unspecified atom stereocenters. The Hall–Kier alpha value is -0.940. The lowest BCUT2D eigenvalue weighted by Gasteiger charge is -1.93. The molecule has 0 aliphatic carbocycles. The lowest BCUT2D eigenvalue weighted by molar-refractivity contribution is 0.630. The molecule has 0 aromatic carbocycles. The number of aryl methyl sites for hydroxylation is 1. The van der Waals surface area contributed by atoms with Gasteiger partial charge >= 0.3 is 0 Å². The van der Waals surface area contributed by atoms with Crippen LogP contribution in [0.5, 0.6) is 0 Å². The van der Waals surface area contributed by atoms with Crippen LogP contribution < -0.4 is 0 Å². The molecule has 0 radical (unpaired) electrons. The summed E-state index contributed by atoms with van der Waals surface area (Å²) in [7, 11) is 0. The molecule has 0 amide bonds. The molecule has 1 aromatic rings. The predicted molar refractivity (Wildman–Crippen MR) is 45.3 cm³/mol. The summed E-state index contributed by atoms with van der Waals surface area (Å²) < 4.78 is 1.78. The summed E-state index contributed by atoms with van der Waals surface area (Å²) in [6.45, 7) is 2.64. The van der Waals surface area contributed by atoms with Crippen LogP contribution in [0.3, 0.4) is 0 Å². The third-order valence-electron chi connectivity index (χ3n) is 1.25. The molecule has 0 spiro atoms. The van der Waals surface area contributed by atoms with Gasteiger partial charge in [0, 0.05) is 12.6 Å². The van der Waals surface area contributed by atoms with Crippen LogP contribution in [0.2, 0.25) is 5.15 Å². The van der Waals surface area contributed by atoms with Crippen LogP contribution in [0.1, 0.15) is 13.3 Å². The van der Waals surface area contributed by atoms with Crippen molar-refractivity contribution in [2.75, 3.05) is 0 Å². The smallest absolute Gasteiger partial charge is 0.151 e. The van der Waals surface area contributed by atoms with Crippen molar-refractivity contribution in [3.05, 3.63) is 17.4 Å². The largest absolute Gasteiger partial charge is 0.270 e. The monoisotopic (exact) mass is 168 g/mol. The van der Waals surface area contributed by atoms with Crippen LogP contribution >= 0.6 is 11.6 Å². The minimum Gasteiger partial charge on any atom is -0.270 e. The summed E-state index contributed by atoms with van der Waals surface area (Å²) in [5, 5.41) is 4.53. The molecular weight excluding hydrogens is 160 g/mol. The number of rotatable bonds is 2. The zero-order valence-corrected chi connectivity index (χ0v) is 7.10. The number of aromatic nitrogens is 2. The van der Waals surface area contributed by atoms with Gasteiger partial charge in [0.25, 0.3) is 0 Å². The molecular formula is C8H9ClN2. The summed E-state index contributed by atoms with van der Waals surface area (Å²) in [6, 6.07) is 1.76. The Morgan fingerprint density at radius 3 is 3.09 bits per heavy atom. The van der Waals surface area contributed by atoms with Crippen LogP contribution in [0.25, 0.3) is 0 Å². The molecule has 11 heavy (non-hydrogen) atoms. The van der Waals surface area contributed by atoms with Gasteiger partial charge in [0.15, 0.2) is 5.15 Å². The maximum Gasteiger partial charge on any atom is 0.151 e. The molecule has 1 rings (SSSR count). The third kappa shape index (κ3) is 2.65. The highest BCUT2D eigenvalue weighted by molar-refractivity contribution is 6.29. The van der Waals surface area contributed by atoms with Crippen LogP contribution in [-0.4, -0.2) is 9.78 Å². The van der Waals surface area contributed by atoms with Gasteiger partial charge in [-0.3, -0.25) is 4.68 Å². The number of nitrogens with zero attached hydrogens (tertiary/aromatic N) is 2. The van der Waals surface area contributed by atoms with E-state index >= 15 is 0 Å². The van der Waals surface area contributed by atoms with Crippen LogP contribution in [0, 0.1) is 11.8 Å². The van der Waals surface area contributed by atoms with Crippen LogP contribution in [0.15, 0.2) is 12.3 Å². The highest BCUT2D eigenvalue weighted by atomic mass is 35.5. The molecule has 1 heterocycles. The van der Waals surface area contributed by atoms with E-state index in [9.17, 15) is 0 Å². The molecule has 58 valence electrons. The summed E-state index contributed by atoms with van der Waals surface area (Å²) >= 11 is 5.61. The molecule has 1 aromatic heterocycles. The van der Waals surface area contributed by atoms with E-state index in [1.54, 1.807) is 10.7 Å². The number of hydrogen-bond donors (Lipinski definition) is 0. The first-order chi connectivity index (χ1) is 5.33. The van der Waals surface area contributed by atoms with Crippen LogP contribution in [-0.2, 0) is 6.54 Å².